The third-order valence-electron chi connectivity index (χ3n) is 14.9. The summed E-state index contributed by atoms with van der Waals surface area (Å²) in [5.74, 6) is 1.90. The number of piperidine rings is 4. The zero-order valence-electron chi connectivity index (χ0n) is 38.7. The lowest BCUT2D eigenvalue weighted by molar-refractivity contribution is -0.117. The number of halogens is 2. The first-order valence-corrected chi connectivity index (χ1v) is 24.5. The molecular formula is C53H66F2N10O2. The lowest BCUT2D eigenvalue weighted by Gasteiger charge is -2.43. The van der Waals surface area contributed by atoms with E-state index in [1.54, 1.807) is 24.3 Å². The topological polar surface area (TPSA) is 112 Å². The van der Waals surface area contributed by atoms with Gasteiger partial charge in [-0.2, -0.15) is 0 Å². The second kappa shape index (κ2) is 21.2. The summed E-state index contributed by atoms with van der Waals surface area (Å²) in [5, 5.41) is 9.63. The van der Waals surface area contributed by atoms with Crippen molar-refractivity contribution < 1.29 is 18.4 Å². The molecule has 5 aliphatic heterocycles. The van der Waals surface area contributed by atoms with Gasteiger partial charge in [0, 0.05) is 125 Å². The number of carbonyl (C=O) groups excluding carboxylic acids is 2. The quantitative estimate of drug-likeness (QED) is 0.102. The Balaban J connectivity index is 0.891. The van der Waals surface area contributed by atoms with Crippen LogP contribution in [0.15, 0.2) is 104 Å². The Labute approximate surface area is 394 Å². The van der Waals surface area contributed by atoms with E-state index in [2.05, 4.69) is 83.9 Å². The molecule has 5 saturated heterocycles. The zero-order valence-corrected chi connectivity index (χ0v) is 38.7. The minimum atomic E-state index is -0.283. The summed E-state index contributed by atoms with van der Waals surface area (Å²) in [5.41, 5.74) is 4.97. The first kappa shape index (κ1) is 46.0. The van der Waals surface area contributed by atoms with Gasteiger partial charge in [-0.1, -0.05) is 19.2 Å². The number of hydrogen-bond acceptors (Lipinski definition) is 10. The van der Waals surface area contributed by atoms with Gasteiger partial charge in [0.1, 0.15) is 23.3 Å². The summed E-state index contributed by atoms with van der Waals surface area (Å²) in [6, 6.07) is 21.4. The minimum Gasteiger partial charge on any atom is -0.371 e. The van der Waals surface area contributed by atoms with E-state index in [1.807, 2.05) is 18.5 Å². The van der Waals surface area contributed by atoms with Crippen molar-refractivity contribution in [3.05, 3.63) is 122 Å². The molecule has 5 atom stereocenters. The summed E-state index contributed by atoms with van der Waals surface area (Å²) in [7, 11) is 0. The predicted octanol–water partition coefficient (Wildman–Crippen LogP) is 7.90. The number of nitrogens with zero attached hydrogens (tertiary/aromatic N) is 7. The van der Waals surface area contributed by atoms with Crippen molar-refractivity contribution in [2.75, 3.05) is 95.3 Å². The maximum Gasteiger partial charge on any atom is 0.243 e. The van der Waals surface area contributed by atoms with E-state index in [1.165, 1.54) is 23.9 Å². The standard InChI is InChI=1S/C53H66F2N10O2/c1-3-52(66)58-18-12-38-8-6-21-62(34-38)45-13-19-56-50(31-45)60-43-27-40(35-63(36-43)44-10-5-9-41(54)29-44)39-26-42(55)30-47(28-39)64-22-7-11-48-49(64)17-25-65(48)51-32-46(14-20-57-51)61-23-15-37(16-24-61)33-59-53(67)4-2/h3-5,9-10,13-14,19-20,26,28-32,37-38,40,43,48-49H,1-2,6-8,11-12,15-18,21-25,27,33-36H2,(H,56,60)(H,58,66)(H,59,67)/t38?,40?,43-,48-,49-/m1/s1. The van der Waals surface area contributed by atoms with E-state index in [9.17, 15) is 14.0 Å². The summed E-state index contributed by atoms with van der Waals surface area (Å²) < 4.78 is 30.8. The Morgan fingerprint density at radius 1 is 0.657 bits per heavy atom. The molecule has 5 aliphatic rings. The van der Waals surface area contributed by atoms with Gasteiger partial charge in [-0.05, 0) is 136 Å². The first-order chi connectivity index (χ1) is 32.7. The molecule has 14 heteroatoms. The van der Waals surface area contributed by atoms with Crippen molar-refractivity contribution >= 4 is 46.2 Å². The lowest BCUT2D eigenvalue weighted by Crippen LogP contribution is -2.50. The molecule has 67 heavy (non-hydrogen) atoms. The maximum atomic E-state index is 16.1. The van der Waals surface area contributed by atoms with E-state index in [-0.39, 0.29) is 47.5 Å². The van der Waals surface area contributed by atoms with Gasteiger partial charge in [0.15, 0.2) is 0 Å². The number of carbonyl (C=O) groups is 2. The molecule has 2 unspecified atom stereocenters. The van der Waals surface area contributed by atoms with Crippen LogP contribution in [0.5, 0.6) is 0 Å². The lowest BCUT2D eigenvalue weighted by atomic mass is 9.86. The highest BCUT2D eigenvalue weighted by Crippen LogP contribution is 2.40. The number of benzene rings is 2. The first-order valence-electron chi connectivity index (χ1n) is 24.5. The molecule has 0 radical (unpaired) electrons. The van der Waals surface area contributed by atoms with Crippen molar-refractivity contribution in [1.82, 2.24) is 20.6 Å². The van der Waals surface area contributed by atoms with Crippen LogP contribution in [0.1, 0.15) is 69.3 Å². The van der Waals surface area contributed by atoms with Crippen molar-refractivity contribution in [2.45, 2.75) is 81.8 Å². The molecule has 2 aromatic heterocycles. The van der Waals surface area contributed by atoms with Gasteiger partial charge in [0.05, 0.1) is 12.1 Å². The van der Waals surface area contributed by atoms with Crippen LogP contribution in [-0.4, -0.2) is 105 Å². The van der Waals surface area contributed by atoms with Crippen molar-refractivity contribution in [3.63, 3.8) is 0 Å². The molecule has 2 amide bonds. The van der Waals surface area contributed by atoms with Gasteiger partial charge in [0.2, 0.25) is 11.8 Å². The molecule has 7 heterocycles. The van der Waals surface area contributed by atoms with Gasteiger partial charge >= 0.3 is 0 Å². The van der Waals surface area contributed by atoms with Gasteiger partial charge in [-0.15, -0.1) is 0 Å². The van der Waals surface area contributed by atoms with Gasteiger partial charge < -0.3 is 40.4 Å². The Morgan fingerprint density at radius 2 is 1.40 bits per heavy atom. The van der Waals surface area contributed by atoms with Gasteiger partial charge in [-0.3, -0.25) is 9.59 Å². The molecule has 0 saturated carbocycles. The summed E-state index contributed by atoms with van der Waals surface area (Å²) in [6.07, 6.45) is 15.4. The molecule has 12 nitrogen and oxygen atoms in total. The highest BCUT2D eigenvalue weighted by molar-refractivity contribution is 5.87. The average Bonchev–Trinajstić information content (AvgIpc) is 3.80. The molecule has 5 fully saturated rings. The van der Waals surface area contributed by atoms with E-state index in [0.29, 0.717) is 38.0 Å². The van der Waals surface area contributed by atoms with Gasteiger partial charge in [-0.25, -0.2) is 18.7 Å². The normalized spacial score (nSPS) is 23.4. The van der Waals surface area contributed by atoms with Crippen molar-refractivity contribution in [1.29, 1.82) is 0 Å². The maximum absolute atomic E-state index is 16.1. The molecule has 4 aromatic rings. The van der Waals surface area contributed by atoms with Crippen LogP contribution >= 0.6 is 0 Å². The van der Waals surface area contributed by atoms with Crippen LogP contribution in [0.4, 0.5) is 43.2 Å². The van der Waals surface area contributed by atoms with E-state index in [0.717, 1.165) is 131 Å². The summed E-state index contributed by atoms with van der Waals surface area (Å²) in [4.78, 5) is 45.1. The molecular weight excluding hydrogens is 847 g/mol. The van der Waals surface area contributed by atoms with Crippen LogP contribution in [0, 0.1) is 23.5 Å². The molecule has 3 N–H and O–H groups in total. The number of amides is 2. The van der Waals surface area contributed by atoms with Crippen LogP contribution < -0.4 is 40.4 Å². The highest BCUT2D eigenvalue weighted by atomic mass is 19.1. The average molecular weight is 913 g/mol. The van der Waals surface area contributed by atoms with Crippen LogP contribution in [-0.2, 0) is 9.59 Å². The molecule has 354 valence electrons. The van der Waals surface area contributed by atoms with E-state index < -0.39 is 0 Å². The third-order valence-corrected chi connectivity index (χ3v) is 14.9. The van der Waals surface area contributed by atoms with E-state index in [4.69, 9.17) is 9.97 Å². The fourth-order valence-electron chi connectivity index (χ4n) is 11.5. The largest absolute Gasteiger partial charge is 0.371 e. The molecule has 0 aliphatic carbocycles. The third kappa shape index (κ3) is 11.2. The number of hydrogen-bond donors (Lipinski definition) is 3. The second-order valence-electron chi connectivity index (χ2n) is 19.2. The Morgan fingerprint density at radius 3 is 2.22 bits per heavy atom. The zero-order chi connectivity index (χ0) is 46.3. The fraction of sp³-hybridized carbons (Fsp3) is 0.472. The van der Waals surface area contributed by atoms with Crippen LogP contribution in [0.25, 0.3) is 0 Å². The number of aromatic nitrogens is 2. The van der Waals surface area contributed by atoms with Crippen molar-refractivity contribution in [3.8, 4) is 0 Å². The number of fused-ring (bicyclic) bond motifs is 1. The van der Waals surface area contributed by atoms with Crippen LogP contribution in [0.2, 0.25) is 0 Å². The monoisotopic (exact) mass is 913 g/mol. The summed E-state index contributed by atoms with van der Waals surface area (Å²) in [6.45, 7) is 15.2. The highest BCUT2D eigenvalue weighted by Gasteiger charge is 2.41. The minimum absolute atomic E-state index is 0.0276. The Kier molecular flexibility index (Phi) is 14.5. The number of anilines is 6. The molecule has 9 rings (SSSR count). The summed E-state index contributed by atoms with van der Waals surface area (Å²) >= 11 is 0. The van der Waals surface area contributed by atoms with Gasteiger partial charge in [0.25, 0.3) is 0 Å². The predicted molar refractivity (Wildman–Crippen MR) is 265 cm³/mol. The van der Waals surface area contributed by atoms with Crippen LogP contribution in [0.3, 0.4) is 0 Å². The number of rotatable bonds is 15. The Bertz CT molecular complexity index is 2380. The second-order valence-corrected chi connectivity index (χ2v) is 19.2. The van der Waals surface area contributed by atoms with E-state index >= 15 is 4.39 Å². The smallest absolute Gasteiger partial charge is 0.243 e. The molecule has 2 aromatic carbocycles. The Hall–Kier alpha value is -6.18. The molecule has 0 bridgehead atoms. The van der Waals surface area contributed by atoms with Crippen molar-refractivity contribution in [2.24, 2.45) is 11.8 Å². The fourth-order valence-corrected chi connectivity index (χ4v) is 11.5. The number of nitrogens with one attached hydrogen (secondary N) is 3. The number of pyridine rings is 2. The molecule has 0 spiro atoms. The SMILES string of the molecule is C=CC(=O)NCCC1CCCN(c2ccnc(N[C@@H]3CC(c4cc(F)cc(N5CCC[C@@H]6[C@H]5CCN6c5cc(N6CCC(CNC(=O)C=C)CC6)ccn5)c4)CN(c4cccc(F)c4)C3)c2)C1.